The van der Waals surface area contributed by atoms with Crippen LogP contribution in [0.3, 0.4) is 0 Å². The Morgan fingerprint density at radius 2 is 2.35 bits per heavy atom. The summed E-state index contributed by atoms with van der Waals surface area (Å²) in [6, 6.07) is 3.53. The number of ether oxygens (including phenoxy) is 1. The van der Waals surface area contributed by atoms with Crippen LogP contribution < -0.4 is 5.56 Å². The Morgan fingerprint density at radius 3 is 3.15 bits per heavy atom. The molecule has 0 aliphatic heterocycles. The van der Waals surface area contributed by atoms with E-state index in [0.717, 1.165) is 4.68 Å². The molecule has 8 nitrogen and oxygen atoms in total. The van der Waals surface area contributed by atoms with Crippen LogP contribution in [-0.4, -0.2) is 36.8 Å². The molecule has 3 aromatic heterocycles. The summed E-state index contributed by atoms with van der Waals surface area (Å²) in [4.78, 5) is 16.5. The smallest absolute Gasteiger partial charge is 0.302 e. The molecule has 20 heavy (non-hydrogen) atoms. The molecule has 0 aliphatic rings. The molecule has 8 heteroatoms. The van der Waals surface area contributed by atoms with Crippen LogP contribution in [0.15, 0.2) is 34.6 Å². The average Bonchev–Trinajstić information content (AvgIpc) is 2.93. The summed E-state index contributed by atoms with van der Waals surface area (Å²) in [5.41, 5.74) is 0.575. The minimum atomic E-state index is -0.361. The predicted octanol–water partition coefficient (Wildman–Crippen LogP) is 0.657. The molecule has 0 bridgehead atoms. The molecule has 0 atom stereocenters. The molecule has 0 N–H and O–H groups in total. The first-order chi connectivity index (χ1) is 9.72. The van der Waals surface area contributed by atoms with Gasteiger partial charge in [-0.15, -0.1) is 15.3 Å². The van der Waals surface area contributed by atoms with Gasteiger partial charge in [-0.05, 0) is 19.1 Å². The number of hydrogen-bond donors (Lipinski definition) is 0. The zero-order valence-electron chi connectivity index (χ0n) is 11.0. The fraction of sp³-hybridized carbons (Fsp3) is 0.250. The molecule has 0 fully saturated rings. The van der Waals surface area contributed by atoms with Crippen LogP contribution in [0.4, 0.5) is 0 Å². The summed E-state index contributed by atoms with van der Waals surface area (Å²) in [6.45, 7) is 3.99. The lowest BCUT2D eigenvalue weighted by Crippen LogP contribution is -2.22. The third-order valence-corrected chi connectivity index (χ3v) is 2.75. The van der Waals surface area contributed by atoms with Gasteiger partial charge in [-0.25, -0.2) is 4.98 Å². The van der Waals surface area contributed by atoms with E-state index < -0.39 is 0 Å². The molecule has 3 rings (SSSR count). The third-order valence-electron chi connectivity index (χ3n) is 2.75. The molecular weight excluding hydrogens is 260 g/mol. The fourth-order valence-corrected chi connectivity index (χ4v) is 1.96. The maximum atomic E-state index is 12.4. The molecule has 0 radical (unpaired) electrons. The van der Waals surface area contributed by atoms with E-state index in [1.165, 1.54) is 6.33 Å². The largest absolute Gasteiger partial charge is 0.480 e. The molecule has 0 saturated heterocycles. The fourth-order valence-electron chi connectivity index (χ4n) is 1.96. The van der Waals surface area contributed by atoms with Crippen molar-refractivity contribution in [1.82, 2.24) is 24.3 Å². The summed E-state index contributed by atoms with van der Waals surface area (Å²) in [7, 11) is 0. The second-order valence-corrected chi connectivity index (χ2v) is 4.04. The Kier molecular flexibility index (Phi) is 2.90. The summed E-state index contributed by atoms with van der Waals surface area (Å²) < 4.78 is 8.06. The van der Waals surface area contributed by atoms with Crippen LogP contribution in [0.1, 0.15) is 13.8 Å². The quantitative estimate of drug-likeness (QED) is 0.505. The Balaban J connectivity index is 2.40. The molecule has 0 aromatic carbocycles. The number of hydrogen-bond acceptors (Lipinski definition) is 6. The first kappa shape index (κ1) is 12.3. The first-order valence-corrected chi connectivity index (χ1v) is 6.10. The minimum Gasteiger partial charge on any atom is -0.480 e. The number of fused-ring (bicyclic) bond motifs is 3. The highest BCUT2D eigenvalue weighted by Crippen LogP contribution is 2.09. The van der Waals surface area contributed by atoms with E-state index in [-0.39, 0.29) is 5.56 Å². The third kappa shape index (κ3) is 1.81. The van der Waals surface area contributed by atoms with Crippen molar-refractivity contribution in [3.05, 3.63) is 35.0 Å². The molecule has 3 heterocycles. The van der Waals surface area contributed by atoms with Gasteiger partial charge in [-0.2, -0.15) is 4.68 Å². The lowest BCUT2D eigenvalue weighted by atomic mass is 10.3. The lowest BCUT2D eigenvalue weighted by Gasteiger charge is -2.06. The Bertz CT molecular complexity index is 863. The molecule has 3 aromatic rings. The lowest BCUT2D eigenvalue weighted by molar-refractivity contribution is 0.321. The van der Waals surface area contributed by atoms with Gasteiger partial charge in [-0.1, -0.05) is 0 Å². The van der Waals surface area contributed by atoms with E-state index in [1.807, 2.05) is 6.92 Å². The van der Waals surface area contributed by atoms with Gasteiger partial charge in [-0.3, -0.25) is 9.20 Å². The van der Waals surface area contributed by atoms with E-state index in [4.69, 9.17) is 4.74 Å². The molecule has 0 unspecified atom stereocenters. The summed E-state index contributed by atoms with van der Waals surface area (Å²) in [6.07, 6.45) is 3.07. The maximum absolute atomic E-state index is 12.4. The molecular formula is C12H12N6O2. The highest BCUT2D eigenvalue weighted by Gasteiger charge is 2.12. The van der Waals surface area contributed by atoms with E-state index in [1.54, 1.807) is 29.7 Å². The maximum Gasteiger partial charge on any atom is 0.302 e. The van der Waals surface area contributed by atoms with Gasteiger partial charge in [0.15, 0.2) is 5.52 Å². The van der Waals surface area contributed by atoms with Crippen molar-refractivity contribution in [2.75, 3.05) is 6.61 Å². The van der Waals surface area contributed by atoms with Gasteiger partial charge >= 0.3 is 5.56 Å². The van der Waals surface area contributed by atoms with Crippen molar-refractivity contribution in [3.8, 4) is 0 Å². The molecule has 0 saturated carbocycles. The highest BCUT2D eigenvalue weighted by molar-refractivity contribution is 5.77. The van der Waals surface area contributed by atoms with Crippen molar-refractivity contribution >= 4 is 22.7 Å². The zero-order chi connectivity index (χ0) is 14.1. The minimum absolute atomic E-state index is 0.299. The Labute approximate surface area is 113 Å². The SMILES string of the molecule is CCO/C(C)=N/n1c(=O)c2ncccc2n2cnnc12. The van der Waals surface area contributed by atoms with E-state index >= 15 is 0 Å². The molecule has 0 spiro atoms. The van der Waals surface area contributed by atoms with Crippen LogP contribution >= 0.6 is 0 Å². The van der Waals surface area contributed by atoms with Crippen molar-refractivity contribution in [2.45, 2.75) is 13.8 Å². The summed E-state index contributed by atoms with van der Waals surface area (Å²) >= 11 is 0. The average molecular weight is 272 g/mol. The number of pyridine rings is 1. The number of rotatable bonds is 2. The highest BCUT2D eigenvalue weighted by atomic mass is 16.5. The van der Waals surface area contributed by atoms with Crippen molar-refractivity contribution in [2.24, 2.45) is 5.10 Å². The van der Waals surface area contributed by atoms with Gasteiger partial charge in [0.1, 0.15) is 6.33 Å². The van der Waals surface area contributed by atoms with Crippen LogP contribution in [0.5, 0.6) is 0 Å². The molecule has 0 amide bonds. The van der Waals surface area contributed by atoms with Crippen molar-refractivity contribution < 1.29 is 4.74 Å². The standard InChI is InChI=1S/C12H12N6O2/c1-3-20-8(2)16-18-11(19)10-9(5-4-6-13-10)17-7-14-15-12(17)18/h4-7H,3H2,1-2H3/b16-8+. The van der Waals surface area contributed by atoms with E-state index in [0.29, 0.717) is 29.3 Å². The first-order valence-electron chi connectivity index (χ1n) is 6.10. The Hall–Kier alpha value is -2.77. The van der Waals surface area contributed by atoms with Crippen LogP contribution in [0, 0.1) is 0 Å². The van der Waals surface area contributed by atoms with E-state index in [2.05, 4.69) is 20.3 Å². The second-order valence-electron chi connectivity index (χ2n) is 4.04. The number of aromatic nitrogens is 5. The molecule has 0 aliphatic carbocycles. The summed E-state index contributed by atoms with van der Waals surface area (Å²) in [5.74, 6) is 0.685. The van der Waals surface area contributed by atoms with Gasteiger partial charge in [0.2, 0.25) is 5.90 Å². The van der Waals surface area contributed by atoms with Gasteiger partial charge in [0.05, 0.1) is 12.1 Å². The van der Waals surface area contributed by atoms with Gasteiger partial charge < -0.3 is 4.74 Å². The van der Waals surface area contributed by atoms with Crippen molar-refractivity contribution in [1.29, 1.82) is 0 Å². The van der Waals surface area contributed by atoms with Crippen molar-refractivity contribution in [3.63, 3.8) is 0 Å². The monoisotopic (exact) mass is 272 g/mol. The van der Waals surface area contributed by atoms with Crippen LogP contribution in [0.25, 0.3) is 16.8 Å². The second kappa shape index (κ2) is 4.72. The molecule has 102 valence electrons. The Morgan fingerprint density at radius 1 is 1.50 bits per heavy atom. The topological polar surface area (TPSA) is 86.7 Å². The van der Waals surface area contributed by atoms with Gasteiger partial charge in [0.25, 0.3) is 5.78 Å². The number of nitrogens with zero attached hydrogens (tertiary/aromatic N) is 6. The van der Waals surface area contributed by atoms with Gasteiger partial charge in [0, 0.05) is 13.1 Å². The predicted molar refractivity (Wildman–Crippen MR) is 72.7 cm³/mol. The summed E-state index contributed by atoms with van der Waals surface area (Å²) in [5, 5.41) is 11.9. The zero-order valence-corrected chi connectivity index (χ0v) is 11.0. The van der Waals surface area contributed by atoms with E-state index in [9.17, 15) is 4.79 Å². The normalized spacial score (nSPS) is 12.2. The van der Waals surface area contributed by atoms with Crippen LogP contribution in [-0.2, 0) is 4.74 Å². The van der Waals surface area contributed by atoms with Crippen LogP contribution in [0.2, 0.25) is 0 Å².